The summed E-state index contributed by atoms with van der Waals surface area (Å²) in [7, 11) is 1.48. The van der Waals surface area contributed by atoms with Crippen molar-refractivity contribution in [1.29, 1.82) is 0 Å². The van der Waals surface area contributed by atoms with E-state index in [1.807, 2.05) is 19.9 Å². The van der Waals surface area contributed by atoms with Crippen LogP contribution in [0.2, 0.25) is 0 Å². The third-order valence-corrected chi connectivity index (χ3v) is 4.84. The first kappa shape index (κ1) is 16.9. The number of benzene rings is 1. The number of rotatable bonds is 4. The number of thiophene rings is 1. The Kier molecular flexibility index (Phi) is 4.41. The first-order chi connectivity index (χ1) is 11.9. The highest BCUT2D eigenvalue weighted by atomic mass is 32.1. The van der Waals surface area contributed by atoms with E-state index in [-0.39, 0.29) is 10.6 Å². The summed E-state index contributed by atoms with van der Waals surface area (Å²) in [6, 6.07) is 8.64. The average Bonchev–Trinajstić information content (AvgIpc) is 2.93. The summed E-state index contributed by atoms with van der Waals surface area (Å²) in [6.45, 7) is 3.72. The summed E-state index contributed by atoms with van der Waals surface area (Å²) >= 11 is 1.05. The number of carbonyl (C=O) groups excluding carboxylic acids is 1. The van der Waals surface area contributed by atoms with E-state index in [2.05, 4.69) is 10.3 Å². The van der Waals surface area contributed by atoms with Gasteiger partial charge in [0.15, 0.2) is 0 Å². The molecule has 3 aromatic rings. The summed E-state index contributed by atoms with van der Waals surface area (Å²) in [5.74, 6) is -1.11. The molecule has 2 N–H and O–H groups in total. The van der Waals surface area contributed by atoms with Gasteiger partial charge in [0.2, 0.25) is 0 Å². The highest BCUT2D eigenvalue weighted by Crippen LogP contribution is 2.37. The maximum atomic E-state index is 12.7. The molecule has 1 amide bonds. The molecule has 6 nitrogen and oxygen atoms in total. The number of pyridine rings is 1. The SMILES string of the molecule is COc1ccccc1C(=O)Nc1c(C(=O)O)sc2nc(C)cc(C)c12. The van der Waals surface area contributed by atoms with Gasteiger partial charge in [-0.05, 0) is 37.6 Å². The number of aromatic carboxylic acids is 1. The van der Waals surface area contributed by atoms with Crippen LogP contribution >= 0.6 is 11.3 Å². The summed E-state index contributed by atoms with van der Waals surface area (Å²) in [4.78, 5) is 29.4. The summed E-state index contributed by atoms with van der Waals surface area (Å²) in [6.07, 6.45) is 0. The molecule has 1 aromatic carbocycles. The van der Waals surface area contributed by atoms with Crippen LogP contribution in [-0.4, -0.2) is 29.1 Å². The lowest BCUT2D eigenvalue weighted by molar-refractivity contribution is 0.0703. The van der Waals surface area contributed by atoms with Crippen LogP contribution < -0.4 is 10.1 Å². The minimum absolute atomic E-state index is 0.0550. The number of aryl methyl sites for hydroxylation is 2. The van der Waals surface area contributed by atoms with Crippen LogP contribution in [0.4, 0.5) is 5.69 Å². The van der Waals surface area contributed by atoms with Crippen LogP contribution in [0, 0.1) is 13.8 Å². The number of anilines is 1. The second-order valence-electron chi connectivity index (χ2n) is 5.53. The highest BCUT2D eigenvalue weighted by molar-refractivity contribution is 7.21. The highest BCUT2D eigenvalue weighted by Gasteiger charge is 2.23. The van der Waals surface area contributed by atoms with Gasteiger partial charge in [-0.1, -0.05) is 12.1 Å². The smallest absolute Gasteiger partial charge is 0.348 e. The largest absolute Gasteiger partial charge is 0.496 e. The Morgan fingerprint density at radius 1 is 1.24 bits per heavy atom. The van der Waals surface area contributed by atoms with E-state index < -0.39 is 11.9 Å². The molecule has 2 aromatic heterocycles. The molecule has 0 atom stereocenters. The molecule has 3 rings (SSSR count). The Morgan fingerprint density at radius 3 is 2.64 bits per heavy atom. The molecular weight excluding hydrogens is 340 g/mol. The average molecular weight is 356 g/mol. The number of para-hydroxylation sites is 1. The predicted molar refractivity (Wildman–Crippen MR) is 97.0 cm³/mol. The van der Waals surface area contributed by atoms with Crippen molar-refractivity contribution in [2.75, 3.05) is 12.4 Å². The second-order valence-corrected chi connectivity index (χ2v) is 6.53. The zero-order chi connectivity index (χ0) is 18.1. The third-order valence-electron chi connectivity index (χ3n) is 3.77. The number of aromatic nitrogens is 1. The third kappa shape index (κ3) is 3.06. The molecule has 0 aliphatic carbocycles. The van der Waals surface area contributed by atoms with Gasteiger partial charge < -0.3 is 15.2 Å². The van der Waals surface area contributed by atoms with Crippen LogP contribution in [-0.2, 0) is 0 Å². The van der Waals surface area contributed by atoms with Crippen molar-refractivity contribution >= 4 is 39.1 Å². The normalized spacial score (nSPS) is 10.7. The molecule has 0 unspecified atom stereocenters. The maximum Gasteiger partial charge on any atom is 0.348 e. The number of carbonyl (C=O) groups is 2. The lowest BCUT2D eigenvalue weighted by Gasteiger charge is -2.10. The predicted octanol–water partition coefficient (Wildman–Crippen LogP) is 3.87. The Bertz CT molecular complexity index is 994. The zero-order valence-corrected chi connectivity index (χ0v) is 14.7. The fourth-order valence-corrected chi connectivity index (χ4v) is 3.82. The maximum absolute atomic E-state index is 12.7. The van der Waals surface area contributed by atoms with E-state index in [4.69, 9.17) is 4.74 Å². The van der Waals surface area contributed by atoms with Crippen molar-refractivity contribution in [3.05, 3.63) is 52.0 Å². The Labute approximate surface area is 148 Å². The Balaban J connectivity index is 2.13. The van der Waals surface area contributed by atoms with Gasteiger partial charge in [0.05, 0.1) is 18.4 Å². The number of nitrogens with zero attached hydrogens (tertiary/aromatic N) is 1. The minimum Gasteiger partial charge on any atom is -0.496 e. The molecule has 0 saturated heterocycles. The van der Waals surface area contributed by atoms with Crippen molar-refractivity contribution < 1.29 is 19.4 Å². The van der Waals surface area contributed by atoms with Crippen LogP contribution in [0.15, 0.2) is 30.3 Å². The second kappa shape index (κ2) is 6.52. The number of fused-ring (bicyclic) bond motifs is 1. The van der Waals surface area contributed by atoms with Gasteiger partial charge in [-0.2, -0.15) is 0 Å². The Morgan fingerprint density at radius 2 is 1.96 bits per heavy atom. The standard InChI is InChI=1S/C18H16N2O4S/c1-9-8-10(2)19-17-13(9)14(15(25-17)18(22)23)20-16(21)11-6-4-5-7-12(11)24-3/h4-8H,1-3H3,(H,20,21)(H,22,23). The number of hydrogen-bond acceptors (Lipinski definition) is 5. The molecule has 128 valence electrons. The summed E-state index contributed by atoms with van der Waals surface area (Å²) in [5, 5.41) is 12.9. The van der Waals surface area contributed by atoms with Crippen molar-refractivity contribution in [1.82, 2.24) is 4.98 Å². The minimum atomic E-state index is -1.10. The van der Waals surface area contributed by atoms with Crippen molar-refractivity contribution in [2.24, 2.45) is 0 Å². The molecule has 0 aliphatic rings. The van der Waals surface area contributed by atoms with Gasteiger partial charge in [0, 0.05) is 11.1 Å². The number of carboxylic acid groups (broad SMARTS) is 1. The zero-order valence-electron chi connectivity index (χ0n) is 13.9. The molecule has 25 heavy (non-hydrogen) atoms. The quantitative estimate of drug-likeness (QED) is 0.741. The number of ether oxygens (including phenoxy) is 1. The lowest BCUT2D eigenvalue weighted by Crippen LogP contribution is -2.15. The number of amides is 1. The monoisotopic (exact) mass is 356 g/mol. The van der Waals surface area contributed by atoms with Gasteiger partial charge in [-0.15, -0.1) is 11.3 Å². The van der Waals surface area contributed by atoms with E-state index in [0.717, 1.165) is 22.6 Å². The van der Waals surface area contributed by atoms with Crippen LogP contribution in [0.3, 0.4) is 0 Å². The van der Waals surface area contributed by atoms with E-state index in [1.54, 1.807) is 24.3 Å². The van der Waals surface area contributed by atoms with E-state index in [9.17, 15) is 14.7 Å². The van der Waals surface area contributed by atoms with Gasteiger partial charge in [0.1, 0.15) is 15.5 Å². The van der Waals surface area contributed by atoms with Crippen LogP contribution in [0.1, 0.15) is 31.3 Å². The molecule has 0 bridgehead atoms. The number of hydrogen-bond donors (Lipinski definition) is 2. The van der Waals surface area contributed by atoms with Gasteiger partial charge >= 0.3 is 5.97 Å². The number of carboxylic acids is 1. The van der Waals surface area contributed by atoms with Crippen molar-refractivity contribution in [2.45, 2.75) is 13.8 Å². The van der Waals surface area contributed by atoms with Crippen molar-refractivity contribution in [3.63, 3.8) is 0 Å². The van der Waals surface area contributed by atoms with Crippen LogP contribution in [0.25, 0.3) is 10.2 Å². The number of methoxy groups -OCH3 is 1. The molecule has 2 heterocycles. The summed E-state index contributed by atoms with van der Waals surface area (Å²) < 4.78 is 5.20. The van der Waals surface area contributed by atoms with Crippen LogP contribution in [0.5, 0.6) is 5.75 Å². The fourth-order valence-electron chi connectivity index (χ4n) is 2.72. The van der Waals surface area contributed by atoms with E-state index in [1.165, 1.54) is 7.11 Å². The van der Waals surface area contributed by atoms with Gasteiger partial charge in [-0.25, -0.2) is 9.78 Å². The first-order valence-electron chi connectivity index (χ1n) is 7.50. The molecule has 0 aliphatic heterocycles. The molecule has 0 spiro atoms. The van der Waals surface area contributed by atoms with E-state index in [0.29, 0.717) is 21.5 Å². The summed E-state index contributed by atoms with van der Waals surface area (Å²) in [5.41, 5.74) is 2.26. The van der Waals surface area contributed by atoms with E-state index >= 15 is 0 Å². The molecule has 0 radical (unpaired) electrons. The molecule has 0 saturated carbocycles. The molecule has 0 fully saturated rings. The van der Waals surface area contributed by atoms with Crippen molar-refractivity contribution in [3.8, 4) is 5.75 Å². The Hall–Kier alpha value is -2.93. The lowest BCUT2D eigenvalue weighted by atomic mass is 10.1. The van der Waals surface area contributed by atoms with Gasteiger partial charge in [-0.3, -0.25) is 4.79 Å². The fraction of sp³-hybridized carbons (Fsp3) is 0.167. The first-order valence-corrected chi connectivity index (χ1v) is 8.32. The molecule has 7 heteroatoms. The topological polar surface area (TPSA) is 88.5 Å². The molecular formula is C18H16N2O4S. The van der Waals surface area contributed by atoms with Gasteiger partial charge in [0.25, 0.3) is 5.91 Å². The number of nitrogens with one attached hydrogen (secondary N) is 1.